The van der Waals surface area contributed by atoms with E-state index in [4.69, 9.17) is 9.84 Å². The quantitative estimate of drug-likeness (QED) is 0.351. The largest absolute Gasteiger partial charge is 0.478 e. The van der Waals surface area contributed by atoms with Crippen LogP contribution in [0.3, 0.4) is 0 Å². The Morgan fingerprint density at radius 3 is 2.76 bits per heavy atom. The van der Waals surface area contributed by atoms with Crippen molar-refractivity contribution >= 4 is 52.4 Å². The van der Waals surface area contributed by atoms with Gasteiger partial charge in [-0.15, -0.1) is 11.3 Å². The molecule has 4 rings (SSSR count). The van der Waals surface area contributed by atoms with Gasteiger partial charge in [-0.3, -0.25) is 24.1 Å². The van der Waals surface area contributed by atoms with Gasteiger partial charge in [0, 0.05) is 35.2 Å². The Labute approximate surface area is 216 Å². The first kappa shape index (κ1) is 26.0. The Balaban J connectivity index is 1.72. The molecule has 1 amide bonds. The molecule has 12 heteroatoms. The Hall–Kier alpha value is -4.06. The summed E-state index contributed by atoms with van der Waals surface area (Å²) >= 11 is 1.33. The van der Waals surface area contributed by atoms with Gasteiger partial charge in [0.2, 0.25) is 0 Å². The van der Waals surface area contributed by atoms with Crippen molar-refractivity contribution in [1.29, 1.82) is 0 Å². The molecule has 1 fully saturated rings. The Kier molecular flexibility index (Phi) is 7.39. The van der Waals surface area contributed by atoms with Crippen molar-refractivity contribution in [3.63, 3.8) is 0 Å². The monoisotopic (exact) mass is 525 g/mol. The summed E-state index contributed by atoms with van der Waals surface area (Å²) in [6, 6.07) is 2.98. The lowest BCUT2D eigenvalue weighted by Crippen LogP contribution is -2.41. The van der Waals surface area contributed by atoms with Crippen molar-refractivity contribution in [2.24, 2.45) is 0 Å². The molecule has 3 aromatic heterocycles. The number of carbonyl (C=O) groups is 3. The van der Waals surface area contributed by atoms with E-state index in [-0.39, 0.29) is 34.1 Å². The summed E-state index contributed by atoms with van der Waals surface area (Å²) in [5.74, 6) is -1.35. The van der Waals surface area contributed by atoms with Crippen LogP contribution in [0, 0.1) is 0 Å². The number of carboxylic acids is 1. The number of fused-ring (bicyclic) bond motifs is 1. The van der Waals surface area contributed by atoms with Crippen LogP contribution in [0.25, 0.3) is 11.7 Å². The van der Waals surface area contributed by atoms with E-state index in [0.29, 0.717) is 37.5 Å². The van der Waals surface area contributed by atoms with E-state index >= 15 is 0 Å². The number of aliphatic carboxylic acids is 1. The number of pyridine rings is 1. The summed E-state index contributed by atoms with van der Waals surface area (Å²) in [4.78, 5) is 59.2. The summed E-state index contributed by atoms with van der Waals surface area (Å²) < 4.78 is 6.37. The highest BCUT2D eigenvalue weighted by molar-refractivity contribution is 7.14. The molecule has 0 aromatic carbocycles. The van der Waals surface area contributed by atoms with E-state index in [1.165, 1.54) is 40.1 Å². The number of piperidine rings is 1. The number of carboxylic acid groups (broad SMARTS) is 1. The lowest BCUT2D eigenvalue weighted by Gasteiger charge is -2.33. The van der Waals surface area contributed by atoms with Crippen molar-refractivity contribution in [3.05, 3.63) is 57.0 Å². The second-order valence-electron chi connectivity index (χ2n) is 9.65. The van der Waals surface area contributed by atoms with E-state index in [9.17, 15) is 19.2 Å². The molecule has 37 heavy (non-hydrogen) atoms. The van der Waals surface area contributed by atoms with Crippen molar-refractivity contribution in [1.82, 2.24) is 14.4 Å². The third kappa shape index (κ3) is 5.85. The number of hydrogen-bond acceptors (Lipinski definition) is 9. The number of amides is 1. The molecule has 194 valence electrons. The number of ether oxygens (including phenoxy) is 1. The number of hydrogen-bond donors (Lipinski definition) is 2. The maximum Gasteiger partial charge on any atom is 0.328 e. The SMILES string of the molecule is CC(C)(C)c1csc(NC(=O)c2ccn3c(=O)c(/C=C/C(=O)O)c(N4CCC[C@@H](OC=O)C4)nc3c2)n1. The third-order valence-electron chi connectivity index (χ3n) is 5.92. The fourth-order valence-electron chi connectivity index (χ4n) is 3.99. The standard InChI is InChI=1S/C25H27N5O6S/c1-25(2,3)18-13-37-24(26-18)28-22(34)15-8-10-30-19(11-15)27-21(17(23(30)35)6-7-20(32)33)29-9-4-5-16(12-29)36-14-31/h6-8,10-11,13-14,16H,4-5,9,12H2,1-3H3,(H,32,33)(H,26,28,34)/b7-6+/t16-/m1/s1. The zero-order valence-corrected chi connectivity index (χ0v) is 21.4. The zero-order valence-electron chi connectivity index (χ0n) is 20.6. The highest BCUT2D eigenvalue weighted by Crippen LogP contribution is 2.27. The van der Waals surface area contributed by atoms with Gasteiger partial charge in [-0.2, -0.15) is 0 Å². The number of rotatable bonds is 7. The van der Waals surface area contributed by atoms with Gasteiger partial charge in [0.1, 0.15) is 17.6 Å². The number of carbonyl (C=O) groups excluding carboxylic acids is 2. The maximum atomic E-state index is 13.3. The molecule has 1 saturated heterocycles. The molecule has 11 nitrogen and oxygen atoms in total. The molecule has 4 heterocycles. The minimum absolute atomic E-state index is 0.0846. The Morgan fingerprint density at radius 1 is 1.30 bits per heavy atom. The molecule has 1 atom stereocenters. The topological polar surface area (TPSA) is 143 Å². The lowest BCUT2D eigenvalue weighted by atomic mass is 9.93. The molecule has 1 aliphatic rings. The first-order chi connectivity index (χ1) is 17.6. The number of nitrogens with one attached hydrogen (secondary N) is 1. The van der Waals surface area contributed by atoms with E-state index in [1.54, 1.807) is 4.90 Å². The number of anilines is 2. The molecule has 0 spiro atoms. The molecular formula is C25H27N5O6S. The number of thiazole rings is 1. The summed E-state index contributed by atoms with van der Waals surface area (Å²) in [6.45, 7) is 7.33. The average Bonchev–Trinajstić information content (AvgIpc) is 3.32. The van der Waals surface area contributed by atoms with Gasteiger partial charge in [0.15, 0.2) is 5.13 Å². The molecule has 2 N–H and O–H groups in total. The molecule has 0 saturated carbocycles. The molecule has 3 aromatic rings. The van der Waals surface area contributed by atoms with E-state index < -0.39 is 17.4 Å². The predicted octanol–water partition coefficient (Wildman–Crippen LogP) is 2.94. The normalized spacial score (nSPS) is 16.2. The average molecular weight is 526 g/mol. The van der Waals surface area contributed by atoms with Crippen molar-refractivity contribution < 1.29 is 24.2 Å². The maximum absolute atomic E-state index is 13.3. The smallest absolute Gasteiger partial charge is 0.328 e. The third-order valence-corrected chi connectivity index (χ3v) is 6.68. The van der Waals surface area contributed by atoms with Crippen molar-refractivity contribution in [3.8, 4) is 0 Å². The van der Waals surface area contributed by atoms with Crippen LogP contribution in [0.4, 0.5) is 10.9 Å². The minimum Gasteiger partial charge on any atom is -0.478 e. The van der Waals surface area contributed by atoms with Crippen LogP contribution in [0.5, 0.6) is 0 Å². The fourth-order valence-corrected chi connectivity index (χ4v) is 4.92. The second-order valence-corrected chi connectivity index (χ2v) is 10.5. The molecule has 0 bridgehead atoms. The summed E-state index contributed by atoms with van der Waals surface area (Å²) in [5.41, 5.74) is 0.803. The number of nitrogens with zero attached hydrogens (tertiary/aromatic N) is 4. The molecule has 1 aliphatic heterocycles. The minimum atomic E-state index is -1.21. The second kappa shape index (κ2) is 10.5. The van der Waals surface area contributed by atoms with Crippen LogP contribution in [0.1, 0.15) is 55.2 Å². The number of aromatic nitrogens is 3. The summed E-state index contributed by atoms with van der Waals surface area (Å²) in [7, 11) is 0. The van der Waals surface area contributed by atoms with Crippen LogP contribution in [0.15, 0.2) is 34.6 Å². The van der Waals surface area contributed by atoms with E-state index in [0.717, 1.165) is 11.8 Å². The van der Waals surface area contributed by atoms with Crippen LogP contribution < -0.4 is 15.8 Å². The Bertz CT molecular complexity index is 1440. The van der Waals surface area contributed by atoms with Crippen LogP contribution >= 0.6 is 11.3 Å². The molecule has 0 radical (unpaired) electrons. The van der Waals surface area contributed by atoms with Crippen LogP contribution in [-0.2, 0) is 19.7 Å². The van der Waals surface area contributed by atoms with Crippen molar-refractivity contribution in [2.75, 3.05) is 23.3 Å². The van der Waals surface area contributed by atoms with Crippen molar-refractivity contribution in [2.45, 2.75) is 45.1 Å². The lowest BCUT2D eigenvalue weighted by molar-refractivity contribution is -0.134. The van der Waals surface area contributed by atoms with Gasteiger partial charge >= 0.3 is 5.97 Å². The highest BCUT2D eigenvalue weighted by Gasteiger charge is 2.26. The van der Waals surface area contributed by atoms with E-state index in [1.807, 2.05) is 26.2 Å². The highest BCUT2D eigenvalue weighted by atomic mass is 32.1. The molecule has 0 unspecified atom stereocenters. The zero-order chi connectivity index (χ0) is 26.7. The predicted molar refractivity (Wildman–Crippen MR) is 139 cm³/mol. The first-order valence-electron chi connectivity index (χ1n) is 11.7. The summed E-state index contributed by atoms with van der Waals surface area (Å²) in [6.07, 6.45) is 4.49. The summed E-state index contributed by atoms with van der Waals surface area (Å²) in [5, 5.41) is 14.3. The van der Waals surface area contributed by atoms with Gasteiger partial charge in [0.05, 0.1) is 17.8 Å². The fraction of sp³-hybridized carbons (Fsp3) is 0.360. The van der Waals surface area contributed by atoms with Gasteiger partial charge in [-0.1, -0.05) is 20.8 Å². The van der Waals surface area contributed by atoms with Gasteiger partial charge in [0.25, 0.3) is 17.9 Å². The molecular weight excluding hydrogens is 498 g/mol. The molecule has 0 aliphatic carbocycles. The van der Waals surface area contributed by atoms with Gasteiger partial charge in [-0.05, 0) is 31.1 Å². The van der Waals surface area contributed by atoms with E-state index in [2.05, 4.69) is 15.3 Å². The van der Waals surface area contributed by atoms with Crippen LogP contribution in [0.2, 0.25) is 0 Å². The first-order valence-corrected chi connectivity index (χ1v) is 12.5. The van der Waals surface area contributed by atoms with Crippen LogP contribution in [-0.4, -0.2) is 57.0 Å². The Morgan fingerprint density at radius 2 is 2.08 bits per heavy atom. The van der Waals surface area contributed by atoms with Gasteiger partial charge < -0.3 is 14.7 Å². The van der Waals surface area contributed by atoms with Gasteiger partial charge in [-0.25, -0.2) is 14.8 Å².